The SMILES string of the molecule is CCNC(C)(CCCCN(C)C1CCOC1C)C(N)=O. The molecule has 0 aliphatic carbocycles. The third-order valence-corrected chi connectivity index (χ3v) is 4.45. The van der Waals surface area contributed by atoms with E-state index in [1.54, 1.807) is 0 Å². The number of amides is 1. The van der Waals surface area contributed by atoms with Gasteiger partial charge < -0.3 is 20.7 Å². The number of likely N-dealkylation sites (N-methyl/N-ethyl adjacent to an activating group) is 2. The molecule has 20 heavy (non-hydrogen) atoms. The maximum atomic E-state index is 11.5. The first-order chi connectivity index (χ1) is 9.40. The Morgan fingerprint density at radius 2 is 2.20 bits per heavy atom. The summed E-state index contributed by atoms with van der Waals surface area (Å²) >= 11 is 0. The van der Waals surface area contributed by atoms with Crippen LogP contribution in [0.4, 0.5) is 0 Å². The second kappa shape index (κ2) is 7.96. The van der Waals surface area contributed by atoms with Gasteiger partial charge in [-0.2, -0.15) is 0 Å². The smallest absolute Gasteiger partial charge is 0.237 e. The Morgan fingerprint density at radius 1 is 1.50 bits per heavy atom. The molecule has 5 nitrogen and oxygen atoms in total. The van der Waals surface area contributed by atoms with E-state index in [2.05, 4.69) is 24.2 Å². The van der Waals surface area contributed by atoms with Crippen LogP contribution in [0.1, 0.15) is 46.5 Å². The zero-order chi connectivity index (χ0) is 15.2. The average molecular weight is 285 g/mol. The lowest BCUT2D eigenvalue weighted by molar-refractivity contribution is -0.124. The van der Waals surface area contributed by atoms with Crippen molar-refractivity contribution in [3.05, 3.63) is 0 Å². The number of ether oxygens (including phenoxy) is 1. The first-order valence-electron chi connectivity index (χ1n) is 7.77. The van der Waals surface area contributed by atoms with Gasteiger partial charge in [0.25, 0.3) is 0 Å². The van der Waals surface area contributed by atoms with Gasteiger partial charge >= 0.3 is 0 Å². The van der Waals surface area contributed by atoms with Gasteiger partial charge in [-0.25, -0.2) is 0 Å². The van der Waals surface area contributed by atoms with Crippen molar-refractivity contribution in [1.29, 1.82) is 0 Å². The zero-order valence-electron chi connectivity index (χ0n) is 13.4. The molecule has 0 saturated carbocycles. The third kappa shape index (κ3) is 4.72. The molecule has 5 heteroatoms. The Hall–Kier alpha value is -0.650. The molecule has 1 aliphatic rings. The van der Waals surface area contributed by atoms with Gasteiger partial charge in [0.1, 0.15) is 0 Å². The predicted molar refractivity (Wildman–Crippen MR) is 81.6 cm³/mol. The van der Waals surface area contributed by atoms with Crippen molar-refractivity contribution in [2.75, 3.05) is 26.7 Å². The van der Waals surface area contributed by atoms with E-state index in [0.717, 1.165) is 45.4 Å². The maximum Gasteiger partial charge on any atom is 0.237 e. The zero-order valence-corrected chi connectivity index (χ0v) is 13.4. The Balaban J connectivity index is 2.28. The fourth-order valence-electron chi connectivity index (χ4n) is 2.99. The summed E-state index contributed by atoms with van der Waals surface area (Å²) in [6.07, 6.45) is 4.32. The Bertz CT molecular complexity index is 311. The molecule has 1 amide bonds. The third-order valence-electron chi connectivity index (χ3n) is 4.45. The molecular weight excluding hydrogens is 254 g/mol. The number of carbonyl (C=O) groups excluding carboxylic acids is 1. The number of hydrogen-bond acceptors (Lipinski definition) is 4. The molecular formula is C15H31N3O2. The highest BCUT2D eigenvalue weighted by atomic mass is 16.5. The molecule has 118 valence electrons. The summed E-state index contributed by atoms with van der Waals surface area (Å²) in [5.74, 6) is -0.259. The molecule has 0 bridgehead atoms. The first-order valence-corrected chi connectivity index (χ1v) is 7.77. The second-order valence-electron chi connectivity index (χ2n) is 6.10. The summed E-state index contributed by atoms with van der Waals surface area (Å²) in [5.41, 5.74) is 4.92. The average Bonchev–Trinajstić information content (AvgIpc) is 2.81. The van der Waals surface area contributed by atoms with Crippen LogP contribution < -0.4 is 11.1 Å². The molecule has 0 aromatic carbocycles. The highest BCUT2D eigenvalue weighted by Crippen LogP contribution is 2.19. The number of nitrogens with one attached hydrogen (secondary N) is 1. The standard InChI is InChI=1S/C15H31N3O2/c1-5-17-15(3,14(16)19)9-6-7-10-18(4)13-8-11-20-12(13)2/h12-13,17H,5-11H2,1-4H3,(H2,16,19). The minimum absolute atomic E-state index is 0.259. The molecule has 3 unspecified atom stereocenters. The number of primary amides is 1. The summed E-state index contributed by atoms with van der Waals surface area (Å²) in [7, 11) is 2.16. The van der Waals surface area contributed by atoms with E-state index in [4.69, 9.17) is 10.5 Å². The second-order valence-corrected chi connectivity index (χ2v) is 6.10. The summed E-state index contributed by atoms with van der Waals surface area (Å²) in [6.45, 7) is 8.71. The van der Waals surface area contributed by atoms with Gasteiger partial charge in [-0.15, -0.1) is 0 Å². The van der Waals surface area contributed by atoms with Crippen LogP contribution in [0.25, 0.3) is 0 Å². The molecule has 3 atom stereocenters. The van der Waals surface area contributed by atoms with Crippen LogP contribution in [0.5, 0.6) is 0 Å². The lowest BCUT2D eigenvalue weighted by Gasteiger charge is -2.29. The highest BCUT2D eigenvalue weighted by molar-refractivity contribution is 5.84. The predicted octanol–water partition coefficient (Wildman–Crippen LogP) is 1.12. The summed E-state index contributed by atoms with van der Waals surface area (Å²) < 4.78 is 5.60. The van der Waals surface area contributed by atoms with Crippen molar-refractivity contribution in [2.24, 2.45) is 5.73 Å². The molecule has 1 aliphatic heterocycles. The number of carbonyl (C=O) groups is 1. The van der Waals surface area contributed by atoms with Crippen LogP contribution in [0.15, 0.2) is 0 Å². The molecule has 0 radical (unpaired) electrons. The normalized spacial score (nSPS) is 25.9. The van der Waals surface area contributed by atoms with Gasteiger partial charge in [0.05, 0.1) is 11.6 Å². The molecule has 1 heterocycles. The Labute approximate surface area is 123 Å². The van der Waals surface area contributed by atoms with Crippen LogP contribution in [0.3, 0.4) is 0 Å². The van der Waals surface area contributed by atoms with Crippen LogP contribution >= 0.6 is 0 Å². The van der Waals surface area contributed by atoms with E-state index in [0.29, 0.717) is 12.1 Å². The number of hydrogen-bond donors (Lipinski definition) is 2. The van der Waals surface area contributed by atoms with E-state index in [1.165, 1.54) is 0 Å². The summed E-state index contributed by atoms with van der Waals surface area (Å²) in [5, 5.41) is 3.20. The van der Waals surface area contributed by atoms with E-state index in [9.17, 15) is 4.79 Å². The summed E-state index contributed by atoms with van der Waals surface area (Å²) in [6, 6.07) is 0.534. The quantitative estimate of drug-likeness (QED) is 0.623. The van der Waals surface area contributed by atoms with Gasteiger partial charge in [0.15, 0.2) is 0 Å². The van der Waals surface area contributed by atoms with E-state index < -0.39 is 5.54 Å². The number of rotatable bonds is 9. The van der Waals surface area contributed by atoms with Crippen molar-refractivity contribution in [3.8, 4) is 0 Å². The van der Waals surface area contributed by atoms with Crippen LogP contribution in [-0.2, 0) is 9.53 Å². The molecule has 1 saturated heterocycles. The van der Waals surface area contributed by atoms with Crippen molar-refractivity contribution < 1.29 is 9.53 Å². The molecule has 0 spiro atoms. The largest absolute Gasteiger partial charge is 0.377 e. The number of nitrogens with two attached hydrogens (primary N) is 1. The molecule has 3 N–H and O–H groups in total. The minimum atomic E-state index is -0.572. The monoisotopic (exact) mass is 285 g/mol. The lowest BCUT2D eigenvalue weighted by Crippen LogP contribution is -2.53. The van der Waals surface area contributed by atoms with Gasteiger partial charge in [0.2, 0.25) is 5.91 Å². The topological polar surface area (TPSA) is 67.6 Å². The first kappa shape index (κ1) is 17.4. The van der Waals surface area contributed by atoms with Crippen molar-refractivity contribution in [1.82, 2.24) is 10.2 Å². The van der Waals surface area contributed by atoms with Crippen LogP contribution in [-0.4, -0.2) is 55.2 Å². The van der Waals surface area contributed by atoms with Crippen LogP contribution in [0.2, 0.25) is 0 Å². The fraction of sp³-hybridized carbons (Fsp3) is 0.933. The Kier molecular flexibility index (Phi) is 6.92. The number of nitrogens with zero attached hydrogens (tertiary/aromatic N) is 1. The van der Waals surface area contributed by atoms with Crippen molar-refractivity contribution >= 4 is 5.91 Å². The fourth-order valence-corrected chi connectivity index (χ4v) is 2.99. The van der Waals surface area contributed by atoms with Crippen LogP contribution in [0, 0.1) is 0 Å². The van der Waals surface area contributed by atoms with E-state index in [1.807, 2.05) is 13.8 Å². The number of unbranched alkanes of at least 4 members (excludes halogenated alkanes) is 1. The van der Waals surface area contributed by atoms with Gasteiger partial charge in [-0.05, 0) is 59.7 Å². The molecule has 0 aromatic heterocycles. The minimum Gasteiger partial charge on any atom is -0.377 e. The van der Waals surface area contributed by atoms with Crippen molar-refractivity contribution in [3.63, 3.8) is 0 Å². The maximum absolute atomic E-state index is 11.5. The van der Waals surface area contributed by atoms with Gasteiger partial charge in [-0.1, -0.05) is 6.92 Å². The van der Waals surface area contributed by atoms with Gasteiger partial charge in [-0.3, -0.25) is 4.79 Å². The molecule has 0 aromatic rings. The van der Waals surface area contributed by atoms with E-state index >= 15 is 0 Å². The Morgan fingerprint density at radius 3 is 2.70 bits per heavy atom. The summed E-state index contributed by atoms with van der Waals surface area (Å²) in [4.78, 5) is 13.9. The molecule has 1 fully saturated rings. The van der Waals surface area contributed by atoms with Crippen molar-refractivity contribution in [2.45, 2.75) is 64.1 Å². The molecule has 1 rings (SSSR count). The lowest BCUT2D eigenvalue weighted by atomic mass is 9.93. The highest BCUT2D eigenvalue weighted by Gasteiger charge is 2.30. The van der Waals surface area contributed by atoms with Gasteiger partial charge in [0, 0.05) is 12.6 Å². The van der Waals surface area contributed by atoms with E-state index in [-0.39, 0.29) is 5.91 Å².